The van der Waals surface area contributed by atoms with Crippen LogP contribution in [-0.2, 0) is 24.2 Å². The number of carbonyl (C=O) groups excluding carboxylic acids is 1. The van der Waals surface area contributed by atoms with Crippen LogP contribution in [0.1, 0.15) is 86.7 Å². The monoisotopic (exact) mass is 552 g/mol. The molecule has 0 bridgehead atoms. The molecule has 1 spiro atoms. The number of aromatic nitrogens is 6. The van der Waals surface area contributed by atoms with E-state index >= 15 is 0 Å². The number of hydrogen-bond acceptors (Lipinski definition) is 7. The quantitative estimate of drug-likeness (QED) is 0.521. The van der Waals surface area contributed by atoms with Gasteiger partial charge in [0, 0.05) is 48.9 Å². The Morgan fingerprint density at radius 1 is 1.12 bits per heavy atom. The highest BCUT2D eigenvalue weighted by molar-refractivity contribution is 5.75. The second kappa shape index (κ2) is 9.60. The van der Waals surface area contributed by atoms with Gasteiger partial charge < -0.3 is 14.9 Å². The van der Waals surface area contributed by atoms with Crippen molar-refractivity contribution in [1.82, 2.24) is 34.9 Å². The Morgan fingerprint density at radius 3 is 2.60 bits per heavy atom. The molecule has 2 fully saturated rings. The van der Waals surface area contributed by atoms with E-state index in [4.69, 9.17) is 5.10 Å². The van der Waals surface area contributed by atoms with E-state index < -0.39 is 6.43 Å². The van der Waals surface area contributed by atoms with Crippen molar-refractivity contribution in [2.45, 2.75) is 89.8 Å². The first-order valence-electron chi connectivity index (χ1n) is 14.3. The minimum absolute atomic E-state index is 0.0256. The van der Waals surface area contributed by atoms with E-state index in [0.717, 1.165) is 86.1 Å². The number of alkyl halides is 2. The fourth-order valence-electron chi connectivity index (χ4n) is 7.52. The predicted octanol–water partition coefficient (Wildman–Crippen LogP) is 4.04. The van der Waals surface area contributed by atoms with Crippen LogP contribution in [0.25, 0.3) is 5.69 Å². The van der Waals surface area contributed by atoms with Crippen LogP contribution in [0.5, 0.6) is 0 Å². The van der Waals surface area contributed by atoms with Crippen molar-refractivity contribution >= 4 is 17.4 Å². The third-order valence-corrected chi connectivity index (χ3v) is 9.64. The molecule has 0 unspecified atom stereocenters. The summed E-state index contributed by atoms with van der Waals surface area (Å²) in [5.74, 6) is 0.800. The van der Waals surface area contributed by atoms with Gasteiger partial charge in [-0.15, -0.1) is 5.10 Å². The number of amides is 1. The molecule has 2 aliphatic carbocycles. The van der Waals surface area contributed by atoms with Gasteiger partial charge in [-0.1, -0.05) is 0 Å². The van der Waals surface area contributed by atoms with Gasteiger partial charge in [0.15, 0.2) is 5.82 Å². The largest absolute Gasteiger partial charge is 0.393 e. The molecule has 0 atom stereocenters. The smallest absolute Gasteiger partial charge is 0.266 e. The predicted molar refractivity (Wildman–Crippen MR) is 142 cm³/mol. The van der Waals surface area contributed by atoms with Crippen LogP contribution in [0.2, 0.25) is 0 Å². The van der Waals surface area contributed by atoms with Crippen LogP contribution < -0.4 is 4.90 Å². The molecule has 2 aromatic heterocycles. The van der Waals surface area contributed by atoms with E-state index in [0.29, 0.717) is 19.6 Å². The molecule has 3 aromatic rings. The molecule has 0 radical (unpaired) electrons. The van der Waals surface area contributed by atoms with Gasteiger partial charge in [0.25, 0.3) is 6.43 Å². The third kappa shape index (κ3) is 4.18. The number of tetrazole rings is 1. The maximum atomic E-state index is 14.3. The third-order valence-electron chi connectivity index (χ3n) is 9.64. The maximum Gasteiger partial charge on any atom is 0.266 e. The van der Waals surface area contributed by atoms with Gasteiger partial charge in [0.05, 0.1) is 24.4 Å². The number of nitrogens with zero attached hydrogens (tertiary/aromatic N) is 8. The molecular formula is C28H34F2N8O2. The minimum atomic E-state index is -2.70. The number of anilines is 2. The number of hydrogen-bond donors (Lipinski definition) is 1. The molecule has 4 aliphatic rings. The summed E-state index contributed by atoms with van der Waals surface area (Å²) >= 11 is 0. The van der Waals surface area contributed by atoms with E-state index in [1.165, 1.54) is 11.0 Å². The first-order chi connectivity index (χ1) is 19.3. The number of aliphatic hydroxyl groups excluding tert-OH is 1. The van der Waals surface area contributed by atoms with Gasteiger partial charge in [-0.05, 0) is 84.9 Å². The van der Waals surface area contributed by atoms with E-state index in [1.807, 2.05) is 4.90 Å². The van der Waals surface area contributed by atoms with Crippen molar-refractivity contribution in [3.05, 3.63) is 40.8 Å². The SMILES string of the molecule is CC(=O)N1CCc2c(c(N3CCCc4cc(-n5cnnn5)c(C(F)F)cc43)nn2C2CCC3(CC2)CC(O)C3)C1. The molecule has 0 saturated heterocycles. The van der Waals surface area contributed by atoms with Gasteiger partial charge in [-0.3, -0.25) is 9.48 Å². The summed E-state index contributed by atoms with van der Waals surface area (Å²) in [6.45, 7) is 3.38. The zero-order valence-electron chi connectivity index (χ0n) is 22.6. The molecule has 7 rings (SSSR count). The molecule has 4 heterocycles. The van der Waals surface area contributed by atoms with Gasteiger partial charge in [-0.25, -0.2) is 13.5 Å². The van der Waals surface area contributed by atoms with E-state index in [-0.39, 0.29) is 34.7 Å². The summed E-state index contributed by atoms with van der Waals surface area (Å²) in [6, 6.07) is 3.61. The highest BCUT2D eigenvalue weighted by atomic mass is 19.3. The zero-order valence-corrected chi connectivity index (χ0v) is 22.6. The van der Waals surface area contributed by atoms with Crippen molar-refractivity contribution < 1.29 is 18.7 Å². The highest BCUT2D eigenvalue weighted by Gasteiger charge is 2.46. The molecule has 1 aromatic carbocycles. The van der Waals surface area contributed by atoms with Crippen molar-refractivity contribution in [2.24, 2.45) is 5.41 Å². The summed E-state index contributed by atoms with van der Waals surface area (Å²) in [5, 5.41) is 26.3. The zero-order chi connectivity index (χ0) is 27.6. The lowest BCUT2D eigenvalue weighted by Gasteiger charge is -2.49. The Hall–Kier alpha value is -3.41. The molecule has 2 aliphatic heterocycles. The maximum absolute atomic E-state index is 14.3. The van der Waals surface area contributed by atoms with Gasteiger partial charge >= 0.3 is 0 Å². The first-order valence-corrected chi connectivity index (χ1v) is 14.3. The van der Waals surface area contributed by atoms with Crippen molar-refractivity contribution in [1.29, 1.82) is 0 Å². The summed E-state index contributed by atoms with van der Waals surface area (Å²) in [7, 11) is 0. The highest BCUT2D eigenvalue weighted by Crippen LogP contribution is 2.54. The molecule has 12 heteroatoms. The van der Waals surface area contributed by atoms with Gasteiger partial charge in [-0.2, -0.15) is 5.10 Å². The summed E-state index contributed by atoms with van der Waals surface area (Å²) in [6.07, 6.45) is 6.81. The van der Waals surface area contributed by atoms with E-state index in [2.05, 4.69) is 25.1 Å². The van der Waals surface area contributed by atoms with Crippen molar-refractivity contribution in [2.75, 3.05) is 18.0 Å². The molecular weight excluding hydrogens is 518 g/mol. The van der Waals surface area contributed by atoms with Gasteiger partial charge in [0.2, 0.25) is 5.91 Å². The number of halogens is 2. The number of aryl methyl sites for hydroxylation is 1. The van der Waals surface area contributed by atoms with Gasteiger partial charge in [0.1, 0.15) is 6.33 Å². The lowest BCUT2D eigenvalue weighted by Crippen LogP contribution is -2.43. The van der Waals surface area contributed by atoms with E-state index in [1.54, 1.807) is 19.1 Å². The normalized spacial score (nSPS) is 26.1. The van der Waals surface area contributed by atoms with Crippen LogP contribution in [-0.4, -0.2) is 65.1 Å². The summed E-state index contributed by atoms with van der Waals surface area (Å²) < 4.78 is 32.1. The summed E-state index contributed by atoms with van der Waals surface area (Å²) in [5.41, 5.74) is 4.31. The lowest BCUT2D eigenvalue weighted by molar-refractivity contribution is -0.129. The standard InChI is InChI=1S/C28H34F2N8O2/c1-17(39)35-10-6-23-22(15-35)27(32-38(23)19-4-7-28(8-5-19)13-20(40)14-28)36-9-2-3-18-11-25(37-16-31-33-34-37)21(26(29)30)12-24(18)36/h11-12,16,19-20,26,40H,2-10,13-15H2,1H3. The Balaban J connectivity index is 1.29. The molecule has 1 N–H and O–H groups in total. The number of aliphatic hydroxyl groups is 1. The molecule has 1 amide bonds. The second-order valence-corrected chi connectivity index (χ2v) is 12.0. The Morgan fingerprint density at radius 2 is 1.93 bits per heavy atom. The fraction of sp³-hybridized carbons (Fsp3) is 0.607. The second-order valence-electron chi connectivity index (χ2n) is 12.0. The Bertz CT molecular complexity index is 1420. The van der Waals surface area contributed by atoms with Crippen molar-refractivity contribution in [3.8, 4) is 5.69 Å². The summed E-state index contributed by atoms with van der Waals surface area (Å²) in [4.78, 5) is 16.3. The van der Waals surface area contributed by atoms with Crippen LogP contribution in [0.15, 0.2) is 18.5 Å². The average molecular weight is 553 g/mol. The molecule has 212 valence electrons. The first kappa shape index (κ1) is 25.6. The van der Waals surface area contributed by atoms with Crippen LogP contribution in [0.4, 0.5) is 20.3 Å². The number of rotatable bonds is 4. The number of fused-ring (bicyclic) bond motifs is 2. The lowest BCUT2D eigenvalue weighted by atomic mass is 9.59. The van der Waals surface area contributed by atoms with Crippen LogP contribution in [0.3, 0.4) is 0 Å². The molecule has 2 saturated carbocycles. The van der Waals surface area contributed by atoms with Crippen molar-refractivity contribution in [3.63, 3.8) is 0 Å². The molecule has 40 heavy (non-hydrogen) atoms. The fourth-order valence-corrected chi connectivity index (χ4v) is 7.52. The topological polar surface area (TPSA) is 105 Å². The Labute approximate surface area is 230 Å². The average Bonchev–Trinajstić information content (AvgIpc) is 3.60. The van der Waals surface area contributed by atoms with Crippen LogP contribution in [0, 0.1) is 5.41 Å². The van der Waals surface area contributed by atoms with E-state index in [9.17, 15) is 18.7 Å². The minimum Gasteiger partial charge on any atom is -0.393 e. The number of benzene rings is 1. The van der Waals surface area contributed by atoms with Crippen LogP contribution >= 0.6 is 0 Å². The molecule has 10 nitrogen and oxygen atoms in total. The Kier molecular flexibility index (Phi) is 6.13. The number of carbonyl (C=O) groups is 1.